The van der Waals surface area contributed by atoms with Crippen LogP contribution in [0.3, 0.4) is 0 Å². The van der Waals surface area contributed by atoms with Gasteiger partial charge in [0.05, 0.1) is 11.3 Å². The second kappa shape index (κ2) is 5.69. The third kappa shape index (κ3) is 2.83. The van der Waals surface area contributed by atoms with Crippen molar-refractivity contribution in [1.82, 2.24) is 19.7 Å². The lowest BCUT2D eigenvalue weighted by atomic mass is 10.2. The van der Waals surface area contributed by atoms with Crippen LogP contribution in [-0.4, -0.2) is 26.8 Å². The van der Waals surface area contributed by atoms with Crippen molar-refractivity contribution in [3.05, 3.63) is 23.7 Å². The Kier molecular flexibility index (Phi) is 3.99. The van der Waals surface area contributed by atoms with Crippen molar-refractivity contribution < 1.29 is 4.74 Å². The lowest BCUT2D eigenvalue weighted by Gasteiger charge is -2.12. The number of aromatic nitrogens is 4. The molecule has 0 saturated heterocycles. The van der Waals surface area contributed by atoms with Crippen molar-refractivity contribution in [2.24, 2.45) is 7.05 Å². The predicted molar refractivity (Wildman–Crippen MR) is 73.6 cm³/mol. The topological polar surface area (TPSA) is 64.9 Å². The summed E-state index contributed by atoms with van der Waals surface area (Å²) in [5.74, 6) is 2.07. The molecular formula is C13H19N5O. The highest BCUT2D eigenvalue weighted by Gasteiger charge is 2.13. The van der Waals surface area contributed by atoms with Gasteiger partial charge < -0.3 is 10.1 Å². The van der Waals surface area contributed by atoms with Crippen LogP contribution in [0.2, 0.25) is 0 Å². The van der Waals surface area contributed by atoms with E-state index in [0.29, 0.717) is 11.8 Å². The standard InChI is InChI=1S/C13H19N5O/c1-5-6-10-12(14-3)15-8-16-13(10)19-11-7-9(2)17-18(11)4/h7-8H,5-6H2,1-4H3,(H,14,15,16). The summed E-state index contributed by atoms with van der Waals surface area (Å²) < 4.78 is 7.57. The molecule has 0 saturated carbocycles. The maximum absolute atomic E-state index is 5.87. The van der Waals surface area contributed by atoms with Gasteiger partial charge in [0, 0.05) is 20.2 Å². The third-order valence-corrected chi connectivity index (χ3v) is 2.80. The van der Waals surface area contributed by atoms with Gasteiger partial charge in [0.1, 0.15) is 12.1 Å². The highest BCUT2D eigenvalue weighted by Crippen LogP contribution is 2.27. The molecule has 2 aromatic rings. The van der Waals surface area contributed by atoms with E-state index in [1.54, 1.807) is 4.68 Å². The zero-order valence-electron chi connectivity index (χ0n) is 11.8. The molecule has 0 spiro atoms. The highest BCUT2D eigenvalue weighted by molar-refractivity contribution is 5.49. The summed E-state index contributed by atoms with van der Waals surface area (Å²) in [5.41, 5.74) is 1.91. The SMILES string of the molecule is CCCc1c(NC)ncnc1Oc1cc(C)nn1C. The average molecular weight is 261 g/mol. The normalized spacial score (nSPS) is 10.5. The Morgan fingerprint density at radius 1 is 1.37 bits per heavy atom. The zero-order valence-corrected chi connectivity index (χ0v) is 11.8. The summed E-state index contributed by atoms with van der Waals surface area (Å²) in [5, 5.41) is 7.33. The van der Waals surface area contributed by atoms with Crippen LogP contribution in [0.25, 0.3) is 0 Å². The minimum atomic E-state index is 0.587. The Balaban J connectivity index is 2.36. The maximum atomic E-state index is 5.87. The Bertz CT molecular complexity index is 564. The molecule has 102 valence electrons. The van der Waals surface area contributed by atoms with Gasteiger partial charge in [-0.25, -0.2) is 14.6 Å². The quantitative estimate of drug-likeness (QED) is 0.894. The lowest BCUT2D eigenvalue weighted by Crippen LogP contribution is -2.04. The maximum Gasteiger partial charge on any atom is 0.229 e. The average Bonchev–Trinajstić information content (AvgIpc) is 2.70. The van der Waals surface area contributed by atoms with Crippen LogP contribution in [0.5, 0.6) is 11.8 Å². The first-order chi connectivity index (χ1) is 9.15. The fourth-order valence-electron chi connectivity index (χ4n) is 1.96. The van der Waals surface area contributed by atoms with Gasteiger partial charge in [0.2, 0.25) is 11.8 Å². The number of nitrogens with one attached hydrogen (secondary N) is 1. The minimum absolute atomic E-state index is 0.587. The van der Waals surface area contributed by atoms with E-state index in [9.17, 15) is 0 Å². The van der Waals surface area contributed by atoms with Crippen LogP contribution in [0.1, 0.15) is 24.6 Å². The lowest BCUT2D eigenvalue weighted by molar-refractivity contribution is 0.409. The van der Waals surface area contributed by atoms with E-state index in [1.165, 1.54) is 6.33 Å². The molecule has 0 unspecified atom stereocenters. The van der Waals surface area contributed by atoms with Gasteiger partial charge in [-0.3, -0.25) is 0 Å². The van der Waals surface area contributed by atoms with Crippen LogP contribution >= 0.6 is 0 Å². The van der Waals surface area contributed by atoms with E-state index in [1.807, 2.05) is 27.1 Å². The molecule has 2 aromatic heterocycles. The van der Waals surface area contributed by atoms with Crippen molar-refractivity contribution in [3.8, 4) is 11.8 Å². The van der Waals surface area contributed by atoms with E-state index in [2.05, 4.69) is 27.3 Å². The Morgan fingerprint density at radius 2 is 2.16 bits per heavy atom. The number of aryl methyl sites for hydroxylation is 2. The summed E-state index contributed by atoms with van der Waals surface area (Å²) in [6.45, 7) is 4.04. The van der Waals surface area contributed by atoms with E-state index in [-0.39, 0.29) is 0 Å². The Morgan fingerprint density at radius 3 is 2.74 bits per heavy atom. The summed E-state index contributed by atoms with van der Waals surface area (Å²) in [6.07, 6.45) is 3.37. The molecule has 0 bridgehead atoms. The van der Waals surface area contributed by atoms with Crippen molar-refractivity contribution in [1.29, 1.82) is 0 Å². The van der Waals surface area contributed by atoms with Crippen molar-refractivity contribution in [2.75, 3.05) is 12.4 Å². The molecular weight excluding hydrogens is 242 g/mol. The first-order valence-electron chi connectivity index (χ1n) is 6.35. The first kappa shape index (κ1) is 13.3. The molecule has 0 radical (unpaired) electrons. The van der Waals surface area contributed by atoms with Crippen LogP contribution in [0, 0.1) is 6.92 Å². The first-order valence-corrected chi connectivity index (χ1v) is 6.35. The van der Waals surface area contributed by atoms with Crippen LogP contribution in [0.4, 0.5) is 5.82 Å². The molecule has 0 aromatic carbocycles. The predicted octanol–water partition coefficient (Wildman–Crippen LogP) is 2.31. The van der Waals surface area contributed by atoms with Crippen molar-refractivity contribution in [2.45, 2.75) is 26.7 Å². The Labute approximate surface area is 112 Å². The summed E-state index contributed by atoms with van der Waals surface area (Å²) >= 11 is 0. The summed E-state index contributed by atoms with van der Waals surface area (Å²) in [4.78, 5) is 8.46. The number of rotatable bonds is 5. The van der Waals surface area contributed by atoms with Gasteiger partial charge in [0.25, 0.3) is 0 Å². The minimum Gasteiger partial charge on any atom is -0.420 e. The number of ether oxygens (including phenoxy) is 1. The highest BCUT2D eigenvalue weighted by atomic mass is 16.5. The molecule has 2 heterocycles. The van der Waals surface area contributed by atoms with Crippen LogP contribution < -0.4 is 10.1 Å². The van der Waals surface area contributed by atoms with Gasteiger partial charge in [0.15, 0.2) is 0 Å². The van der Waals surface area contributed by atoms with Crippen LogP contribution in [-0.2, 0) is 13.5 Å². The second-order valence-corrected chi connectivity index (χ2v) is 4.36. The van der Waals surface area contributed by atoms with E-state index in [0.717, 1.165) is 29.9 Å². The molecule has 6 nitrogen and oxygen atoms in total. The summed E-state index contributed by atoms with van der Waals surface area (Å²) in [7, 11) is 3.70. The van der Waals surface area contributed by atoms with Gasteiger partial charge in [-0.1, -0.05) is 13.3 Å². The fourth-order valence-corrected chi connectivity index (χ4v) is 1.96. The molecule has 0 atom stereocenters. The number of hydrogen-bond acceptors (Lipinski definition) is 5. The van der Waals surface area contributed by atoms with Gasteiger partial charge in [-0.05, 0) is 13.3 Å². The van der Waals surface area contributed by atoms with Crippen LogP contribution in [0.15, 0.2) is 12.4 Å². The van der Waals surface area contributed by atoms with E-state index in [4.69, 9.17) is 4.74 Å². The number of hydrogen-bond donors (Lipinski definition) is 1. The zero-order chi connectivity index (χ0) is 13.8. The smallest absolute Gasteiger partial charge is 0.229 e. The molecule has 1 N–H and O–H groups in total. The fraction of sp³-hybridized carbons (Fsp3) is 0.462. The Hall–Kier alpha value is -2.11. The number of nitrogens with zero attached hydrogens (tertiary/aromatic N) is 4. The molecule has 0 amide bonds. The molecule has 19 heavy (non-hydrogen) atoms. The second-order valence-electron chi connectivity index (χ2n) is 4.36. The van der Waals surface area contributed by atoms with Gasteiger partial charge >= 0.3 is 0 Å². The third-order valence-electron chi connectivity index (χ3n) is 2.80. The molecule has 0 aliphatic carbocycles. The van der Waals surface area contributed by atoms with Gasteiger partial charge in [-0.2, -0.15) is 5.10 Å². The van der Waals surface area contributed by atoms with E-state index >= 15 is 0 Å². The largest absolute Gasteiger partial charge is 0.420 e. The summed E-state index contributed by atoms with van der Waals surface area (Å²) in [6, 6.07) is 1.89. The van der Waals surface area contributed by atoms with Gasteiger partial charge in [-0.15, -0.1) is 0 Å². The number of anilines is 1. The molecule has 0 aliphatic heterocycles. The van der Waals surface area contributed by atoms with Crippen molar-refractivity contribution in [3.63, 3.8) is 0 Å². The van der Waals surface area contributed by atoms with E-state index < -0.39 is 0 Å². The molecule has 2 rings (SSSR count). The molecule has 6 heteroatoms. The molecule has 0 aliphatic rings. The monoisotopic (exact) mass is 261 g/mol. The molecule has 0 fully saturated rings. The van der Waals surface area contributed by atoms with Crippen molar-refractivity contribution >= 4 is 5.82 Å².